The van der Waals surface area contributed by atoms with Crippen molar-refractivity contribution in [2.45, 2.75) is 24.0 Å². The molecule has 0 amide bonds. The number of carboxylic acids is 1. The van der Waals surface area contributed by atoms with Crippen LogP contribution in [0.4, 0.5) is 0 Å². The van der Waals surface area contributed by atoms with Crippen LogP contribution in [0.2, 0.25) is 0 Å². The average Bonchev–Trinajstić information content (AvgIpc) is 2.71. The van der Waals surface area contributed by atoms with Crippen molar-refractivity contribution in [2.24, 2.45) is 0 Å². The monoisotopic (exact) mass is 378 g/mol. The molecule has 0 bridgehead atoms. The molecule has 3 rings (SSSR count). The number of benzene rings is 3. The first-order valence-electron chi connectivity index (χ1n) is 8.85. The van der Waals surface area contributed by atoms with Crippen LogP contribution in [0.15, 0.2) is 84.9 Å². The Labute approximate surface area is 164 Å². The Morgan fingerprint density at radius 3 is 2.11 bits per heavy atom. The third-order valence-electron chi connectivity index (χ3n) is 4.15. The fourth-order valence-corrected chi connectivity index (χ4v) is 3.92. The third-order valence-corrected chi connectivity index (χ3v) is 5.50. The molecule has 0 radical (unpaired) electrons. The topological polar surface area (TPSA) is 46.5 Å². The maximum Gasteiger partial charge on any atom is 0.304 e. The van der Waals surface area contributed by atoms with Crippen molar-refractivity contribution in [3.63, 3.8) is 0 Å². The Hall–Kier alpha value is -2.72. The summed E-state index contributed by atoms with van der Waals surface area (Å²) in [6, 6.07) is 27.9. The molecule has 27 heavy (non-hydrogen) atoms. The minimum Gasteiger partial charge on any atom is -0.489 e. The van der Waals surface area contributed by atoms with Crippen molar-refractivity contribution >= 4 is 17.7 Å². The Balaban J connectivity index is 1.56. The van der Waals surface area contributed by atoms with Crippen LogP contribution >= 0.6 is 11.8 Å². The lowest BCUT2D eigenvalue weighted by molar-refractivity contribution is -0.137. The number of rotatable bonds is 9. The van der Waals surface area contributed by atoms with Gasteiger partial charge in [0.05, 0.1) is 6.42 Å². The molecule has 0 fully saturated rings. The van der Waals surface area contributed by atoms with Gasteiger partial charge in [-0.1, -0.05) is 72.8 Å². The Bertz CT molecular complexity index is 833. The highest BCUT2D eigenvalue weighted by atomic mass is 32.2. The lowest BCUT2D eigenvalue weighted by atomic mass is 10.1. The zero-order chi connectivity index (χ0) is 18.9. The molecule has 0 saturated heterocycles. The van der Waals surface area contributed by atoms with Gasteiger partial charge in [-0.25, -0.2) is 0 Å². The smallest absolute Gasteiger partial charge is 0.304 e. The van der Waals surface area contributed by atoms with Gasteiger partial charge >= 0.3 is 5.97 Å². The SMILES string of the molecule is O=C(O)CC(SCc1ccc(OCc2ccccc2)cc1)c1ccccc1. The van der Waals surface area contributed by atoms with Gasteiger partial charge in [0.25, 0.3) is 0 Å². The quantitative estimate of drug-likeness (QED) is 0.518. The van der Waals surface area contributed by atoms with Crippen molar-refractivity contribution in [1.82, 2.24) is 0 Å². The normalized spacial score (nSPS) is 11.7. The lowest BCUT2D eigenvalue weighted by Gasteiger charge is -2.15. The molecule has 0 aliphatic heterocycles. The maximum atomic E-state index is 11.2. The summed E-state index contributed by atoms with van der Waals surface area (Å²) in [6.07, 6.45) is 0.118. The Kier molecular flexibility index (Phi) is 6.94. The van der Waals surface area contributed by atoms with Gasteiger partial charge in [0.2, 0.25) is 0 Å². The van der Waals surface area contributed by atoms with E-state index in [1.165, 1.54) is 0 Å². The van der Waals surface area contributed by atoms with Crippen LogP contribution in [-0.2, 0) is 17.2 Å². The average molecular weight is 378 g/mol. The molecule has 138 valence electrons. The summed E-state index contributed by atoms with van der Waals surface area (Å²) < 4.78 is 5.81. The van der Waals surface area contributed by atoms with Crippen molar-refractivity contribution in [1.29, 1.82) is 0 Å². The van der Waals surface area contributed by atoms with Crippen molar-refractivity contribution in [3.05, 3.63) is 102 Å². The molecule has 0 aliphatic carbocycles. The largest absolute Gasteiger partial charge is 0.489 e. The highest BCUT2D eigenvalue weighted by Crippen LogP contribution is 2.34. The minimum atomic E-state index is -0.777. The van der Waals surface area contributed by atoms with E-state index in [4.69, 9.17) is 4.74 Å². The van der Waals surface area contributed by atoms with E-state index in [-0.39, 0.29) is 11.7 Å². The summed E-state index contributed by atoms with van der Waals surface area (Å²) in [5.74, 6) is 0.810. The van der Waals surface area contributed by atoms with Crippen molar-refractivity contribution in [3.8, 4) is 5.75 Å². The van der Waals surface area contributed by atoms with E-state index in [2.05, 4.69) is 0 Å². The van der Waals surface area contributed by atoms with Crippen LogP contribution in [-0.4, -0.2) is 11.1 Å². The first-order chi connectivity index (χ1) is 13.2. The van der Waals surface area contributed by atoms with Gasteiger partial charge in [-0.15, -0.1) is 11.8 Å². The molecule has 1 atom stereocenters. The zero-order valence-electron chi connectivity index (χ0n) is 15.0. The van der Waals surface area contributed by atoms with Crippen LogP contribution < -0.4 is 4.74 Å². The second kappa shape index (κ2) is 9.83. The number of hydrogen-bond acceptors (Lipinski definition) is 3. The molecule has 3 aromatic carbocycles. The summed E-state index contributed by atoms with van der Waals surface area (Å²) in [7, 11) is 0. The molecule has 0 heterocycles. The lowest BCUT2D eigenvalue weighted by Crippen LogP contribution is -2.03. The Morgan fingerprint density at radius 1 is 0.852 bits per heavy atom. The molecule has 0 aliphatic rings. The second-order valence-electron chi connectivity index (χ2n) is 6.23. The van der Waals surface area contributed by atoms with E-state index in [9.17, 15) is 9.90 Å². The van der Waals surface area contributed by atoms with E-state index in [1.54, 1.807) is 11.8 Å². The van der Waals surface area contributed by atoms with Gasteiger partial charge in [0.1, 0.15) is 12.4 Å². The summed E-state index contributed by atoms with van der Waals surface area (Å²) in [4.78, 5) is 11.2. The molecular formula is C23H22O3S. The Morgan fingerprint density at radius 2 is 1.48 bits per heavy atom. The second-order valence-corrected chi connectivity index (χ2v) is 7.42. The standard InChI is InChI=1S/C23H22O3S/c24-23(25)15-22(20-9-5-2-6-10-20)27-17-19-11-13-21(14-12-19)26-16-18-7-3-1-4-8-18/h1-14,22H,15-17H2,(H,24,25). The molecular weight excluding hydrogens is 356 g/mol. The summed E-state index contributed by atoms with van der Waals surface area (Å²) in [5, 5.41) is 9.14. The minimum absolute atomic E-state index is 0.0577. The van der Waals surface area contributed by atoms with E-state index in [0.717, 1.165) is 28.2 Å². The molecule has 0 aromatic heterocycles. The summed E-state index contributed by atoms with van der Waals surface area (Å²) >= 11 is 1.65. The number of hydrogen-bond donors (Lipinski definition) is 1. The fraction of sp³-hybridized carbons (Fsp3) is 0.174. The fourth-order valence-electron chi connectivity index (χ4n) is 2.72. The van der Waals surface area contributed by atoms with Gasteiger partial charge in [0.15, 0.2) is 0 Å². The van der Waals surface area contributed by atoms with Gasteiger partial charge in [-0.05, 0) is 28.8 Å². The summed E-state index contributed by atoms with van der Waals surface area (Å²) in [5.41, 5.74) is 3.34. The molecule has 3 nitrogen and oxygen atoms in total. The van der Waals surface area contributed by atoms with Crippen LogP contribution in [0.5, 0.6) is 5.75 Å². The van der Waals surface area contributed by atoms with Crippen LogP contribution in [0, 0.1) is 0 Å². The van der Waals surface area contributed by atoms with Crippen LogP contribution in [0.3, 0.4) is 0 Å². The predicted octanol–water partition coefficient (Wildman–Crippen LogP) is 5.71. The highest BCUT2D eigenvalue weighted by molar-refractivity contribution is 7.98. The van der Waals surface area contributed by atoms with Crippen molar-refractivity contribution < 1.29 is 14.6 Å². The highest BCUT2D eigenvalue weighted by Gasteiger charge is 2.16. The molecule has 1 N–H and O–H groups in total. The van der Waals surface area contributed by atoms with Gasteiger partial charge < -0.3 is 9.84 Å². The molecule has 3 aromatic rings. The van der Waals surface area contributed by atoms with E-state index >= 15 is 0 Å². The molecule has 0 saturated carbocycles. The van der Waals surface area contributed by atoms with E-state index < -0.39 is 5.97 Å². The first kappa shape index (κ1) is 19.1. The number of thioether (sulfide) groups is 1. The van der Waals surface area contributed by atoms with Gasteiger partial charge in [-0.2, -0.15) is 0 Å². The first-order valence-corrected chi connectivity index (χ1v) is 9.89. The molecule has 1 unspecified atom stereocenters. The zero-order valence-corrected chi connectivity index (χ0v) is 15.8. The summed E-state index contributed by atoms with van der Waals surface area (Å²) in [6.45, 7) is 0.545. The van der Waals surface area contributed by atoms with Crippen LogP contribution in [0.1, 0.15) is 28.4 Å². The number of ether oxygens (including phenoxy) is 1. The number of aliphatic carboxylic acids is 1. The van der Waals surface area contributed by atoms with Crippen molar-refractivity contribution in [2.75, 3.05) is 0 Å². The number of carbonyl (C=O) groups is 1. The molecule has 4 heteroatoms. The number of carboxylic acid groups (broad SMARTS) is 1. The van der Waals surface area contributed by atoms with Crippen LogP contribution in [0.25, 0.3) is 0 Å². The van der Waals surface area contributed by atoms with Gasteiger partial charge in [-0.3, -0.25) is 4.79 Å². The third kappa shape index (κ3) is 6.19. The van der Waals surface area contributed by atoms with E-state index in [1.807, 2.05) is 84.9 Å². The maximum absolute atomic E-state index is 11.2. The van der Waals surface area contributed by atoms with Gasteiger partial charge in [0, 0.05) is 11.0 Å². The van der Waals surface area contributed by atoms with E-state index in [0.29, 0.717) is 6.61 Å². The predicted molar refractivity (Wildman–Crippen MR) is 110 cm³/mol. The molecule has 0 spiro atoms.